The summed E-state index contributed by atoms with van der Waals surface area (Å²) in [4.78, 5) is 26.1. The molecule has 0 bridgehead atoms. The average Bonchev–Trinajstić information content (AvgIpc) is 2.90. The van der Waals surface area contributed by atoms with Crippen molar-refractivity contribution in [2.75, 3.05) is 21.3 Å². The Hall–Kier alpha value is -4.53. The number of nitrogens with zero attached hydrogens (tertiary/aromatic N) is 3. The third-order valence-corrected chi connectivity index (χ3v) is 5.74. The van der Waals surface area contributed by atoms with Crippen LogP contribution in [-0.4, -0.2) is 26.9 Å². The fourth-order valence-electron chi connectivity index (χ4n) is 3.52. The van der Waals surface area contributed by atoms with E-state index in [9.17, 15) is 9.18 Å². The summed E-state index contributed by atoms with van der Waals surface area (Å²) in [5.41, 5.74) is 4.18. The number of hydrogen-bond acceptors (Lipinski definition) is 7. The minimum atomic E-state index is -0.754. The first-order chi connectivity index (χ1) is 17.9. The maximum atomic E-state index is 14.0. The highest BCUT2D eigenvalue weighted by molar-refractivity contribution is 5.96. The number of halogens is 1. The largest absolute Gasteiger partial charge is 0.342 e. The fourth-order valence-corrected chi connectivity index (χ4v) is 3.52. The van der Waals surface area contributed by atoms with Crippen molar-refractivity contribution in [1.29, 1.82) is 0 Å². The number of nitrogens with one attached hydrogen (secondary N) is 4. The van der Waals surface area contributed by atoms with Crippen molar-refractivity contribution >= 4 is 40.8 Å². The number of hydrogen-bond donors (Lipinski definition) is 4. The van der Waals surface area contributed by atoms with E-state index in [1.165, 1.54) is 23.3 Å². The van der Waals surface area contributed by atoms with Gasteiger partial charge in [0.1, 0.15) is 11.9 Å². The fraction of sp³-hybridized carbons (Fsp3) is 0.214. The molecule has 4 aromatic rings. The minimum absolute atomic E-state index is 0.104. The van der Waals surface area contributed by atoms with E-state index in [2.05, 4.69) is 50.1 Å². The molecular weight excluding hydrogens is 469 g/mol. The highest BCUT2D eigenvalue weighted by Gasteiger charge is 2.17. The zero-order chi connectivity index (χ0) is 26.2. The molecule has 0 aliphatic heterocycles. The molecule has 0 saturated heterocycles. The summed E-state index contributed by atoms with van der Waals surface area (Å²) in [6.07, 6.45) is 1.88. The van der Waals surface area contributed by atoms with E-state index in [0.29, 0.717) is 11.9 Å². The number of aromatic nitrogens is 3. The van der Waals surface area contributed by atoms with Crippen LogP contribution in [0.3, 0.4) is 0 Å². The first-order valence-electron chi connectivity index (χ1n) is 12.2. The average molecular weight is 500 g/mol. The number of para-hydroxylation sites is 1. The van der Waals surface area contributed by atoms with Gasteiger partial charge in [-0.1, -0.05) is 50.2 Å². The summed E-state index contributed by atoms with van der Waals surface area (Å²) in [7, 11) is 0. The normalized spacial score (nSPS) is 11.5. The molecule has 0 radical (unpaired) electrons. The van der Waals surface area contributed by atoms with Gasteiger partial charge < -0.3 is 21.3 Å². The molecule has 1 aromatic heterocycles. The minimum Gasteiger partial charge on any atom is -0.342 e. The molecule has 0 spiro atoms. The van der Waals surface area contributed by atoms with Crippen molar-refractivity contribution in [3.8, 4) is 0 Å². The Morgan fingerprint density at radius 1 is 0.757 bits per heavy atom. The summed E-state index contributed by atoms with van der Waals surface area (Å²) in [5.74, 6) is -0.150. The second kappa shape index (κ2) is 11.9. The molecule has 37 heavy (non-hydrogen) atoms. The zero-order valence-electron chi connectivity index (χ0n) is 21.0. The third kappa shape index (κ3) is 7.00. The van der Waals surface area contributed by atoms with E-state index in [4.69, 9.17) is 0 Å². The van der Waals surface area contributed by atoms with Crippen LogP contribution >= 0.6 is 0 Å². The smallest absolute Gasteiger partial charge is 0.246 e. The number of amides is 1. The molecule has 1 heterocycles. The van der Waals surface area contributed by atoms with Crippen LogP contribution in [0.1, 0.15) is 31.9 Å². The predicted octanol–water partition coefficient (Wildman–Crippen LogP) is 6.06. The number of anilines is 6. The van der Waals surface area contributed by atoms with Gasteiger partial charge in [0.2, 0.25) is 23.8 Å². The summed E-state index contributed by atoms with van der Waals surface area (Å²) in [5, 5.41) is 12.0. The van der Waals surface area contributed by atoms with Gasteiger partial charge in [-0.3, -0.25) is 4.79 Å². The van der Waals surface area contributed by atoms with Crippen molar-refractivity contribution in [3.05, 3.63) is 89.7 Å². The van der Waals surface area contributed by atoms with Crippen molar-refractivity contribution in [2.24, 2.45) is 0 Å². The molecule has 0 saturated carbocycles. The SMILES string of the molecule is CCc1ccc(Nc2nc(Nc3ccc(CC)cc3)nc(NC(C)C(=O)Nc3ccccc3F)n2)cc1. The van der Waals surface area contributed by atoms with Gasteiger partial charge in [0.25, 0.3) is 0 Å². The number of carbonyl (C=O) groups is 1. The number of rotatable bonds is 10. The van der Waals surface area contributed by atoms with Crippen LogP contribution in [-0.2, 0) is 17.6 Å². The van der Waals surface area contributed by atoms with Crippen molar-refractivity contribution < 1.29 is 9.18 Å². The first-order valence-corrected chi connectivity index (χ1v) is 12.2. The second-order valence-corrected chi connectivity index (χ2v) is 8.49. The van der Waals surface area contributed by atoms with Gasteiger partial charge in [-0.15, -0.1) is 0 Å². The van der Waals surface area contributed by atoms with Gasteiger partial charge >= 0.3 is 0 Å². The van der Waals surface area contributed by atoms with Crippen LogP contribution in [0.4, 0.5) is 39.3 Å². The lowest BCUT2D eigenvalue weighted by Gasteiger charge is -2.16. The quantitative estimate of drug-likeness (QED) is 0.210. The number of benzene rings is 3. The van der Waals surface area contributed by atoms with Crippen LogP contribution in [0.25, 0.3) is 0 Å². The van der Waals surface area contributed by atoms with Gasteiger partial charge in [0, 0.05) is 11.4 Å². The van der Waals surface area contributed by atoms with Gasteiger partial charge in [0.05, 0.1) is 5.69 Å². The molecule has 0 aliphatic carbocycles. The Balaban J connectivity index is 1.56. The van der Waals surface area contributed by atoms with E-state index in [-0.39, 0.29) is 11.6 Å². The maximum absolute atomic E-state index is 14.0. The molecule has 0 aliphatic rings. The van der Waals surface area contributed by atoms with Crippen molar-refractivity contribution in [1.82, 2.24) is 15.0 Å². The van der Waals surface area contributed by atoms with E-state index < -0.39 is 17.8 Å². The molecule has 1 unspecified atom stereocenters. The number of aryl methyl sites for hydroxylation is 2. The third-order valence-electron chi connectivity index (χ3n) is 5.74. The Labute approximate surface area is 215 Å². The van der Waals surface area contributed by atoms with Crippen LogP contribution in [0.5, 0.6) is 0 Å². The molecule has 1 atom stereocenters. The molecule has 4 N–H and O–H groups in total. The Bertz CT molecular complexity index is 1280. The van der Waals surface area contributed by atoms with Crippen LogP contribution in [0, 0.1) is 5.82 Å². The Kier molecular flexibility index (Phi) is 8.25. The van der Waals surface area contributed by atoms with E-state index in [1.54, 1.807) is 19.1 Å². The van der Waals surface area contributed by atoms with E-state index in [1.807, 2.05) is 48.5 Å². The van der Waals surface area contributed by atoms with Gasteiger partial charge in [0.15, 0.2) is 0 Å². The Morgan fingerprint density at radius 3 is 1.73 bits per heavy atom. The maximum Gasteiger partial charge on any atom is 0.246 e. The molecule has 9 heteroatoms. The van der Waals surface area contributed by atoms with Gasteiger partial charge in [-0.25, -0.2) is 4.39 Å². The number of carbonyl (C=O) groups excluding carboxylic acids is 1. The monoisotopic (exact) mass is 499 g/mol. The van der Waals surface area contributed by atoms with Gasteiger partial charge in [-0.05, 0) is 67.3 Å². The summed E-state index contributed by atoms with van der Waals surface area (Å²) >= 11 is 0. The van der Waals surface area contributed by atoms with E-state index in [0.717, 1.165) is 24.2 Å². The highest BCUT2D eigenvalue weighted by Crippen LogP contribution is 2.21. The van der Waals surface area contributed by atoms with Crippen LogP contribution in [0.2, 0.25) is 0 Å². The second-order valence-electron chi connectivity index (χ2n) is 8.49. The lowest BCUT2D eigenvalue weighted by Crippen LogP contribution is -2.33. The lowest BCUT2D eigenvalue weighted by molar-refractivity contribution is -0.116. The summed E-state index contributed by atoms with van der Waals surface area (Å²) < 4.78 is 14.0. The molecule has 0 fully saturated rings. The summed E-state index contributed by atoms with van der Waals surface area (Å²) in [6, 6.07) is 21.2. The van der Waals surface area contributed by atoms with Crippen LogP contribution < -0.4 is 21.3 Å². The molecule has 1 amide bonds. The first kappa shape index (κ1) is 25.6. The zero-order valence-corrected chi connectivity index (χ0v) is 21.0. The van der Waals surface area contributed by atoms with Crippen molar-refractivity contribution in [3.63, 3.8) is 0 Å². The van der Waals surface area contributed by atoms with Crippen molar-refractivity contribution in [2.45, 2.75) is 39.7 Å². The highest BCUT2D eigenvalue weighted by atomic mass is 19.1. The van der Waals surface area contributed by atoms with Crippen LogP contribution in [0.15, 0.2) is 72.8 Å². The molecule has 3 aromatic carbocycles. The van der Waals surface area contributed by atoms with E-state index >= 15 is 0 Å². The molecule has 8 nitrogen and oxygen atoms in total. The van der Waals surface area contributed by atoms with Gasteiger partial charge in [-0.2, -0.15) is 15.0 Å². The Morgan fingerprint density at radius 2 is 1.24 bits per heavy atom. The molecule has 4 rings (SSSR count). The molecule has 190 valence electrons. The lowest BCUT2D eigenvalue weighted by atomic mass is 10.1. The predicted molar refractivity (Wildman–Crippen MR) is 146 cm³/mol. The summed E-state index contributed by atoms with van der Waals surface area (Å²) in [6.45, 7) is 5.84. The standard InChI is InChI=1S/C28H30FN7O/c1-4-19-10-14-21(15-11-19)31-27-34-26(30-18(3)25(37)33-24-9-7-6-8-23(24)29)35-28(36-27)32-22-16-12-20(5-2)13-17-22/h6-18H,4-5H2,1-3H3,(H,33,37)(H3,30,31,32,34,35,36). The molecular formula is C28H30FN7O. The topological polar surface area (TPSA) is 104 Å².